The van der Waals surface area contributed by atoms with Crippen molar-refractivity contribution in [2.45, 2.75) is 32.4 Å². The van der Waals surface area contributed by atoms with Crippen LogP contribution in [0.2, 0.25) is 0 Å². The van der Waals surface area contributed by atoms with E-state index in [2.05, 4.69) is 0 Å². The van der Waals surface area contributed by atoms with Gasteiger partial charge in [-0.15, -0.1) is 0 Å². The van der Waals surface area contributed by atoms with E-state index < -0.39 is 12.0 Å². The lowest BCUT2D eigenvalue weighted by Crippen LogP contribution is -2.34. The van der Waals surface area contributed by atoms with Crippen LogP contribution in [0.15, 0.2) is 30.3 Å². The molecule has 0 saturated heterocycles. The van der Waals surface area contributed by atoms with Crippen molar-refractivity contribution in [3.05, 3.63) is 35.9 Å². The van der Waals surface area contributed by atoms with Gasteiger partial charge in [0.1, 0.15) is 6.04 Å². The molecule has 0 aromatic heterocycles. The highest BCUT2D eigenvalue weighted by Crippen LogP contribution is 2.06. The van der Waals surface area contributed by atoms with E-state index in [1.165, 1.54) is 0 Å². The van der Waals surface area contributed by atoms with Crippen LogP contribution in [-0.4, -0.2) is 36.5 Å². The predicted octanol–water partition coefficient (Wildman–Crippen LogP) is 1.32. The van der Waals surface area contributed by atoms with Gasteiger partial charge < -0.3 is 15.4 Å². The van der Waals surface area contributed by atoms with Crippen LogP contribution in [0.4, 0.5) is 0 Å². The average Bonchev–Trinajstić information content (AvgIpc) is 2.45. The van der Waals surface area contributed by atoms with E-state index in [0.29, 0.717) is 19.6 Å². The summed E-state index contributed by atoms with van der Waals surface area (Å²) >= 11 is 0. The van der Waals surface area contributed by atoms with E-state index in [4.69, 9.17) is 10.5 Å². The summed E-state index contributed by atoms with van der Waals surface area (Å²) in [6, 6.07) is 9.00. The molecule has 5 heteroatoms. The molecule has 20 heavy (non-hydrogen) atoms. The van der Waals surface area contributed by atoms with Gasteiger partial charge in [-0.05, 0) is 18.9 Å². The maximum atomic E-state index is 12.0. The molecule has 0 fully saturated rings. The van der Waals surface area contributed by atoms with E-state index in [1.807, 2.05) is 30.3 Å². The van der Waals surface area contributed by atoms with Gasteiger partial charge in [-0.2, -0.15) is 0 Å². The summed E-state index contributed by atoms with van der Waals surface area (Å²) in [7, 11) is 1.74. The summed E-state index contributed by atoms with van der Waals surface area (Å²) in [5.74, 6) is -0.486. The number of carbonyl (C=O) groups excluding carboxylic acids is 2. The summed E-state index contributed by atoms with van der Waals surface area (Å²) in [6.45, 7) is 2.58. The molecule has 0 saturated carbocycles. The Morgan fingerprint density at radius 1 is 1.30 bits per heavy atom. The fourth-order valence-electron chi connectivity index (χ4n) is 1.78. The monoisotopic (exact) mass is 278 g/mol. The molecule has 0 heterocycles. The first kappa shape index (κ1) is 16.2. The van der Waals surface area contributed by atoms with Gasteiger partial charge in [0.2, 0.25) is 5.91 Å². The zero-order valence-electron chi connectivity index (χ0n) is 12.0. The second-order valence-corrected chi connectivity index (χ2v) is 4.63. The summed E-state index contributed by atoms with van der Waals surface area (Å²) < 4.78 is 4.80. The van der Waals surface area contributed by atoms with Gasteiger partial charge in [0.15, 0.2) is 0 Å². The Morgan fingerprint density at radius 3 is 2.55 bits per heavy atom. The van der Waals surface area contributed by atoms with Crippen molar-refractivity contribution < 1.29 is 14.3 Å². The van der Waals surface area contributed by atoms with Crippen LogP contribution in [0.25, 0.3) is 0 Å². The number of esters is 1. The first-order valence-electron chi connectivity index (χ1n) is 6.74. The molecule has 0 aliphatic rings. The second-order valence-electron chi connectivity index (χ2n) is 4.63. The molecular formula is C15H22N2O3. The van der Waals surface area contributed by atoms with Crippen molar-refractivity contribution in [2.24, 2.45) is 5.73 Å². The molecule has 0 unspecified atom stereocenters. The molecule has 1 atom stereocenters. The molecule has 0 aliphatic carbocycles. The zero-order chi connectivity index (χ0) is 15.0. The Labute approximate surface area is 119 Å². The normalized spacial score (nSPS) is 11.8. The molecule has 1 aromatic rings. The quantitative estimate of drug-likeness (QED) is 0.763. The second kappa shape index (κ2) is 8.32. The SMILES string of the molecule is CCOC(=O)[C@@H](N)CCC(=O)N(C)Cc1ccccc1. The number of rotatable bonds is 7. The Hall–Kier alpha value is -1.88. The molecular weight excluding hydrogens is 256 g/mol. The summed E-state index contributed by atoms with van der Waals surface area (Å²) in [4.78, 5) is 24.9. The highest BCUT2D eigenvalue weighted by molar-refractivity contribution is 5.79. The molecule has 5 nitrogen and oxygen atoms in total. The molecule has 2 N–H and O–H groups in total. The fourth-order valence-corrected chi connectivity index (χ4v) is 1.78. The predicted molar refractivity (Wildman–Crippen MR) is 76.8 cm³/mol. The van der Waals surface area contributed by atoms with Crippen LogP contribution < -0.4 is 5.73 Å². The van der Waals surface area contributed by atoms with Gasteiger partial charge in [0, 0.05) is 20.0 Å². The van der Waals surface area contributed by atoms with Gasteiger partial charge in [-0.3, -0.25) is 9.59 Å². The van der Waals surface area contributed by atoms with Crippen LogP contribution in [0.3, 0.4) is 0 Å². The van der Waals surface area contributed by atoms with E-state index >= 15 is 0 Å². The molecule has 1 amide bonds. The van der Waals surface area contributed by atoms with Crippen LogP contribution in [0.5, 0.6) is 0 Å². The number of benzene rings is 1. The Bertz CT molecular complexity index is 434. The fraction of sp³-hybridized carbons (Fsp3) is 0.467. The Balaban J connectivity index is 2.37. The first-order chi connectivity index (χ1) is 9.54. The Kier molecular flexibility index (Phi) is 6.73. The van der Waals surface area contributed by atoms with Crippen LogP contribution in [0, 0.1) is 0 Å². The molecule has 1 aromatic carbocycles. The minimum absolute atomic E-state index is 0.0337. The van der Waals surface area contributed by atoms with Crippen LogP contribution in [0.1, 0.15) is 25.3 Å². The maximum absolute atomic E-state index is 12.0. The lowest BCUT2D eigenvalue weighted by Gasteiger charge is -2.18. The van der Waals surface area contributed by atoms with E-state index in [9.17, 15) is 9.59 Å². The molecule has 0 spiro atoms. The van der Waals surface area contributed by atoms with Gasteiger partial charge in [0.25, 0.3) is 0 Å². The lowest BCUT2D eigenvalue weighted by atomic mass is 10.1. The average molecular weight is 278 g/mol. The summed E-state index contributed by atoms with van der Waals surface area (Å²) in [5, 5.41) is 0. The number of amides is 1. The highest BCUT2D eigenvalue weighted by Gasteiger charge is 2.17. The maximum Gasteiger partial charge on any atom is 0.322 e. The number of carbonyl (C=O) groups is 2. The van der Waals surface area contributed by atoms with Gasteiger partial charge >= 0.3 is 5.97 Å². The van der Waals surface area contributed by atoms with E-state index in [0.717, 1.165) is 5.56 Å². The number of hydrogen-bond donors (Lipinski definition) is 1. The molecule has 1 rings (SSSR count). The number of nitrogens with two attached hydrogens (primary N) is 1. The van der Waals surface area contributed by atoms with Gasteiger partial charge in [-0.25, -0.2) is 0 Å². The first-order valence-corrected chi connectivity index (χ1v) is 6.74. The molecule has 0 radical (unpaired) electrons. The van der Waals surface area contributed by atoms with Crippen LogP contribution in [-0.2, 0) is 20.9 Å². The van der Waals surface area contributed by atoms with E-state index in [1.54, 1.807) is 18.9 Å². The standard InChI is InChI=1S/C15H22N2O3/c1-3-20-15(19)13(16)9-10-14(18)17(2)11-12-7-5-4-6-8-12/h4-8,13H,3,9-11,16H2,1-2H3/t13-/m0/s1. The topological polar surface area (TPSA) is 72.6 Å². The minimum Gasteiger partial charge on any atom is -0.465 e. The van der Waals surface area contributed by atoms with Crippen molar-refractivity contribution in [3.8, 4) is 0 Å². The third kappa shape index (κ3) is 5.40. The van der Waals surface area contributed by atoms with Crippen molar-refractivity contribution in [3.63, 3.8) is 0 Å². The smallest absolute Gasteiger partial charge is 0.322 e. The van der Waals surface area contributed by atoms with Crippen LogP contribution >= 0.6 is 0 Å². The number of hydrogen-bond acceptors (Lipinski definition) is 4. The molecule has 110 valence electrons. The Morgan fingerprint density at radius 2 is 1.95 bits per heavy atom. The third-order valence-corrected chi connectivity index (χ3v) is 2.95. The van der Waals surface area contributed by atoms with Crippen molar-refractivity contribution in [1.29, 1.82) is 0 Å². The number of ether oxygens (including phenoxy) is 1. The van der Waals surface area contributed by atoms with Crippen molar-refractivity contribution >= 4 is 11.9 Å². The molecule has 0 bridgehead atoms. The summed E-state index contributed by atoms with van der Waals surface area (Å²) in [6.07, 6.45) is 0.542. The molecule has 0 aliphatic heterocycles. The van der Waals surface area contributed by atoms with Gasteiger partial charge in [0.05, 0.1) is 6.61 Å². The zero-order valence-corrected chi connectivity index (χ0v) is 12.0. The van der Waals surface area contributed by atoms with Crippen molar-refractivity contribution in [1.82, 2.24) is 4.90 Å². The lowest BCUT2D eigenvalue weighted by molar-refractivity contribution is -0.145. The summed E-state index contributed by atoms with van der Waals surface area (Å²) in [5.41, 5.74) is 6.73. The largest absolute Gasteiger partial charge is 0.465 e. The van der Waals surface area contributed by atoms with E-state index in [-0.39, 0.29) is 12.3 Å². The number of nitrogens with zero attached hydrogens (tertiary/aromatic N) is 1. The van der Waals surface area contributed by atoms with Gasteiger partial charge in [-0.1, -0.05) is 30.3 Å². The highest BCUT2D eigenvalue weighted by atomic mass is 16.5. The van der Waals surface area contributed by atoms with Crippen molar-refractivity contribution in [2.75, 3.05) is 13.7 Å². The third-order valence-electron chi connectivity index (χ3n) is 2.95. The minimum atomic E-state index is -0.732.